The molecular formula is C14H18ClNO2S. The van der Waals surface area contributed by atoms with Crippen molar-refractivity contribution in [1.29, 1.82) is 0 Å². The molecule has 1 aromatic carbocycles. The number of rotatable bonds is 5. The van der Waals surface area contributed by atoms with Crippen LogP contribution in [-0.2, 0) is 16.0 Å². The number of benzene rings is 1. The predicted octanol–water partition coefficient (Wildman–Crippen LogP) is 2.52. The van der Waals surface area contributed by atoms with Crippen molar-refractivity contribution < 1.29 is 9.53 Å². The molecule has 1 aliphatic rings. The zero-order valence-corrected chi connectivity index (χ0v) is 12.5. The van der Waals surface area contributed by atoms with Crippen molar-refractivity contribution in [2.75, 3.05) is 25.2 Å². The number of amides is 1. The molecule has 0 bridgehead atoms. The van der Waals surface area contributed by atoms with Gasteiger partial charge < -0.3 is 10.1 Å². The lowest BCUT2D eigenvalue weighted by Crippen LogP contribution is -2.45. The standard InChI is InChI=1S/C14H18ClNO2S/c1-18-14(6-7-19-10-14)9-16-13(17)8-11-4-2-3-5-12(11)15/h2-5H,6-10H2,1H3,(H,16,17)/t14-/m1/s1. The molecule has 0 saturated carbocycles. The van der Waals surface area contributed by atoms with E-state index in [1.807, 2.05) is 30.0 Å². The summed E-state index contributed by atoms with van der Waals surface area (Å²) in [6.45, 7) is 0.569. The molecular weight excluding hydrogens is 282 g/mol. The Morgan fingerprint density at radius 3 is 2.95 bits per heavy atom. The summed E-state index contributed by atoms with van der Waals surface area (Å²) in [5, 5.41) is 3.59. The molecule has 0 aliphatic carbocycles. The highest BCUT2D eigenvalue weighted by molar-refractivity contribution is 7.99. The summed E-state index contributed by atoms with van der Waals surface area (Å²) in [5.74, 6) is 2.02. The molecule has 1 aliphatic heterocycles. The molecule has 1 N–H and O–H groups in total. The molecule has 1 fully saturated rings. The second kappa shape index (κ2) is 6.64. The van der Waals surface area contributed by atoms with Crippen molar-refractivity contribution in [2.45, 2.75) is 18.4 Å². The molecule has 1 aromatic rings. The van der Waals surface area contributed by atoms with Crippen molar-refractivity contribution in [2.24, 2.45) is 0 Å². The lowest BCUT2D eigenvalue weighted by molar-refractivity contribution is -0.121. The largest absolute Gasteiger partial charge is 0.376 e. The summed E-state index contributed by atoms with van der Waals surface area (Å²) in [6.07, 6.45) is 1.30. The molecule has 0 unspecified atom stereocenters. The minimum Gasteiger partial charge on any atom is -0.376 e. The Labute approximate surface area is 123 Å². The maximum Gasteiger partial charge on any atom is 0.224 e. The number of nitrogens with one attached hydrogen (secondary N) is 1. The fourth-order valence-electron chi connectivity index (χ4n) is 2.10. The number of carbonyl (C=O) groups is 1. The van der Waals surface area contributed by atoms with E-state index in [9.17, 15) is 4.79 Å². The van der Waals surface area contributed by atoms with Gasteiger partial charge in [0.05, 0.1) is 12.0 Å². The first kappa shape index (κ1) is 14.7. The number of methoxy groups -OCH3 is 1. The average molecular weight is 300 g/mol. The average Bonchev–Trinajstić information content (AvgIpc) is 2.89. The van der Waals surface area contributed by atoms with Crippen LogP contribution in [0.15, 0.2) is 24.3 Å². The molecule has 5 heteroatoms. The zero-order valence-electron chi connectivity index (χ0n) is 10.9. The van der Waals surface area contributed by atoms with Crippen LogP contribution in [0.1, 0.15) is 12.0 Å². The Morgan fingerprint density at radius 1 is 1.53 bits per heavy atom. The minimum absolute atomic E-state index is 0.0126. The fourth-order valence-corrected chi connectivity index (χ4v) is 3.70. The van der Waals surface area contributed by atoms with E-state index in [1.165, 1.54) is 0 Å². The molecule has 0 spiro atoms. The van der Waals surface area contributed by atoms with Gasteiger partial charge in [-0.05, 0) is 23.8 Å². The van der Waals surface area contributed by atoms with Gasteiger partial charge in [-0.1, -0.05) is 29.8 Å². The van der Waals surface area contributed by atoms with Crippen molar-refractivity contribution in [1.82, 2.24) is 5.32 Å². The van der Waals surface area contributed by atoms with Gasteiger partial charge in [-0.3, -0.25) is 4.79 Å². The van der Waals surface area contributed by atoms with Gasteiger partial charge in [-0.15, -0.1) is 0 Å². The lowest BCUT2D eigenvalue weighted by atomic mass is 10.0. The summed E-state index contributed by atoms with van der Waals surface area (Å²) >= 11 is 7.91. The van der Waals surface area contributed by atoms with Crippen molar-refractivity contribution in [3.8, 4) is 0 Å². The van der Waals surface area contributed by atoms with Crippen molar-refractivity contribution >= 4 is 29.3 Å². The number of hydrogen-bond acceptors (Lipinski definition) is 3. The van der Waals surface area contributed by atoms with Gasteiger partial charge in [0.1, 0.15) is 0 Å². The fraction of sp³-hybridized carbons (Fsp3) is 0.500. The van der Waals surface area contributed by atoms with Crippen LogP contribution in [0.5, 0.6) is 0 Å². The molecule has 0 radical (unpaired) electrons. The third kappa shape index (κ3) is 3.88. The second-order valence-corrected chi connectivity index (χ2v) is 6.25. The van der Waals surface area contributed by atoms with E-state index in [0.29, 0.717) is 18.0 Å². The van der Waals surface area contributed by atoms with Crippen LogP contribution in [0.3, 0.4) is 0 Å². The predicted molar refractivity (Wildman–Crippen MR) is 79.8 cm³/mol. The highest BCUT2D eigenvalue weighted by Crippen LogP contribution is 2.30. The third-order valence-electron chi connectivity index (χ3n) is 3.42. The van der Waals surface area contributed by atoms with Crippen LogP contribution in [-0.4, -0.2) is 36.7 Å². The third-order valence-corrected chi connectivity index (χ3v) is 5.01. The highest BCUT2D eigenvalue weighted by atomic mass is 35.5. The first-order chi connectivity index (χ1) is 9.15. The van der Waals surface area contributed by atoms with E-state index in [4.69, 9.17) is 16.3 Å². The van der Waals surface area contributed by atoms with E-state index in [2.05, 4.69) is 5.32 Å². The van der Waals surface area contributed by atoms with Crippen molar-refractivity contribution in [3.05, 3.63) is 34.9 Å². The quantitative estimate of drug-likeness (QED) is 0.908. The summed E-state index contributed by atoms with van der Waals surface area (Å²) in [7, 11) is 1.71. The molecule has 1 atom stereocenters. The smallest absolute Gasteiger partial charge is 0.224 e. The summed E-state index contributed by atoms with van der Waals surface area (Å²) in [4.78, 5) is 11.9. The first-order valence-electron chi connectivity index (χ1n) is 6.28. The van der Waals surface area contributed by atoms with Crippen LogP contribution < -0.4 is 5.32 Å². The summed E-state index contributed by atoms with van der Waals surface area (Å²) in [5.41, 5.74) is 0.662. The Balaban J connectivity index is 1.86. The van der Waals surface area contributed by atoms with Gasteiger partial charge in [-0.2, -0.15) is 11.8 Å². The lowest BCUT2D eigenvalue weighted by Gasteiger charge is -2.26. The van der Waals surface area contributed by atoms with Gasteiger partial charge in [0.2, 0.25) is 5.91 Å². The summed E-state index contributed by atoms with van der Waals surface area (Å²) < 4.78 is 5.56. The SMILES string of the molecule is CO[C@@]1(CNC(=O)Cc2ccccc2Cl)CCSC1. The Bertz CT molecular complexity index is 447. The number of hydrogen-bond donors (Lipinski definition) is 1. The Hall–Kier alpha value is -0.710. The van der Waals surface area contributed by atoms with Crippen molar-refractivity contribution in [3.63, 3.8) is 0 Å². The van der Waals surface area contributed by atoms with Gasteiger partial charge in [0.25, 0.3) is 0 Å². The van der Waals surface area contributed by atoms with E-state index in [0.717, 1.165) is 23.5 Å². The Kier molecular flexibility index (Phi) is 5.13. The van der Waals surface area contributed by atoms with E-state index in [-0.39, 0.29) is 11.5 Å². The minimum atomic E-state index is -0.194. The maximum atomic E-state index is 11.9. The first-order valence-corrected chi connectivity index (χ1v) is 7.81. The van der Waals surface area contributed by atoms with Gasteiger partial charge in [-0.25, -0.2) is 0 Å². The second-order valence-electron chi connectivity index (χ2n) is 4.73. The number of halogens is 1. The van der Waals surface area contributed by atoms with E-state index in [1.54, 1.807) is 13.2 Å². The van der Waals surface area contributed by atoms with Crippen LogP contribution in [0.4, 0.5) is 0 Å². The molecule has 2 rings (SSSR count). The normalized spacial score (nSPS) is 22.4. The molecule has 104 valence electrons. The topological polar surface area (TPSA) is 38.3 Å². The number of ether oxygens (including phenoxy) is 1. The van der Waals surface area contributed by atoms with Gasteiger partial charge in [0, 0.05) is 24.4 Å². The number of thioether (sulfide) groups is 1. The summed E-state index contributed by atoms with van der Waals surface area (Å²) in [6, 6.07) is 7.42. The van der Waals surface area contributed by atoms with Gasteiger partial charge in [0.15, 0.2) is 0 Å². The van der Waals surface area contributed by atoms with E-state index >= 15 is 0 Å². The van der Waals surface area contributed by atoms with E-state index < -0.39 is 0 Å². The molecule has 1 saturated heterocycles. The number of carbonyl (C=O) groups excluding carboxylic acids is 1. The highest BCUT2D eigenvalue weighted by Gasteiger charge is 2.34. The van der Waals surface area contributed by atoms with Crippen LogP contribution in [0.2, 0.25) is 5.02 Å². The zero-order chi connectivity index (χ0) is 13.7. The molecule has 0 aromatic heterocycles. The molecule has 3 nitrogen and oxygen atoms in total. The van der Waals surface area contributed by atoms with Gasteiger partial charge >= 0.3 is 0 Å². The monoisotopic (exact) mass is 299 g/mol. The molecule has 19 heavy (non-hydrogen) atoms. The van der Waals surface area contributed by atoms with Crippen LogP contribution >= 0.6 is 23.4 Å². The van der Waals surface area contributed by atoms with Crippen LogP contribution in [0, 0.1) is 0 Å². The molecule has 1 heterocycles. The van der Waals surface area contributed by atoms with Crippen LogP contribution in [0.25, 0.3) is 0 Å². The maximum absolute atomic E-state index is 11.9. The molecule has 1 amide bonds. The Morgan fingerprint density at radius 2 is 2.32 bits per heavy atom.